The lowest BCUT2D eigenvalue weighted by molar-refractivity contribution is -0.138. The van der Waals surface area contributed by atoms with Gasteiger partial charge in [0.05, 0.1) is 18.3 Å². The minimum Gasteiger partial charge on any atom is -0.478 e. The highest BCUT2D eigenvalue weighted by Gasteiger charge is 2.61. The number of aromatic nitrogens is 2. The molecule has 4 fully saturated rings. The van der Waals surface area contributed by atoms with E-state index < -0.39 is 5.97 Å². The molecule has 0 bridgehead atoms. The van der Waals surface area contributed by atoms with Crippen molar-refractivity contribution in [2.45, 2.75) is 92.0 Å². The molecular weight excluding hydrogens is 466 g/mol. The fourth-order valence-electron chi connectivity index (χ4n) is 9.09. The number of methoxy groups -OCH3 is 1. The maximum atomic E-state index is 13.4. The number of rotatable bonds is 6. The van der Waals surface area contributed by atoms with E-state index in [0.29, 0.717) is 11.3 Å². The highest BCUT2D eigenvalue weighted by Crippen LogP contribution is 2.67. The fourth-order valence-corrected chi connectivity index (χ4v) is 9.09. The van der Waals surface area contributed by atoms with Crippen molar-refractivity contribution in [1.82, 2.24) is 9.78 Å². The third kappa shape index (κ3) is 5.54. The van der Waals surface area contributed by atoms with E-state index in [1.807, 2.05) is 21.0 Å². The molecule has 4 aliphatic rings. The molecule has 7 heteroatoms. The van der Waals surface area contributed by atoms with Crippen LogP contribution in [0.1, 0.15) is 95.8 Å². The highest BCUT2D eigenvalue weighted by atomic mass is 16.5. The van der Waals surface area contributed by atoms with Crippen LogP contribution in [-0.4, -0.2) is 47.4 Å². The summed E-state index contributed by atoms with van der Waals surface area (Å²) in [6.07, 6.45) is 14.0. The molecule has 37 heavy (non-hydrogen) atoms. The summed E-state index contributed by atoms with van der Waals surface area (Å²) in [7, 11) is 3.34. The van der Waals surface area contributed by atoms with Gasteiger partial charge in [0.25, 0.3) is 0 Å². The summed E-state index contributed by atoms with van der Waals surface area (Å²) in [5.41, 5.74) is 5.18. The predicted octanol–water partition coefficient (Wildman–Crippen LogP) is 5.67. The Labute approximate surface area is 223 Å². The summed E-state index contributed by atoms with van der Waals surface area (Å²) in [6, 6.07) is 0. The zero-order chi connectivity index (χ0) is 27.4. The molecule has 4 saturated carbocycles. The third-order valence-electron chi connectivity index (χ3n) is 10.8. The van der Waals surface area contributed by atoms with Crippen molar-refractivity contribution in [3.8, 4) is 0 Å². The smallest absolute Gasteiger partial charge is 0.338 e. The number of carboxylic acid groups (broad SMARTS) is 1. The summed E-state index contributed by atoms with van der Waals surface area (Å²) < 4.78 is 7.01. The van der Waals surface area contributed by atoms with Gasteiger partial charge in [-0.15, -0.1) is 0 Å². The number of hydrogen-bond acceptors (Lipinski definition) is 5. The molecule has 7 nitrogen and oxygen atoms in total. The van der Waals surface area contributed by atoms with Gasteiger partial charge in [0.2, 0.25) is 0 Å². The van der Waals surface area contributed by atoms with Gasteiger partial charge in [-0.3, -0.25) is 9.48 Å². The average molecular weight is 518 g/mol. The van der Waals surface area contributed by atoms with Crippen molar-refractivity contribution in [2.75, 3.05) is 20.8 Å². The van der Waals surface area contributed by atoms with Gasteiger partial charge in [-0.05, 0) is 105 Å². The van der Waals surface area contributed by atoms with Gasteiger partial charge in [0, 0.05) is 25.8 Å². The van der Waals surface area contributed by atoms with Crippen LogP contribution in [0, 0.1) is 46.3 Å². The first-order chi connectivity index (χ1) is 17.8. The molecule has 0 saturated heterocycles. The minimum absolute atomic E-state index is 0.0731. The van der Waals surface area contributed by atoms with E-state index in [1.165, 1.54) is 69.1 Å². The Morgan fingerprint density at radius 1 is 1.05 bits per heavy atom. The van der Waals surface area contributed by atoms with E-state index in [0.717, 1.165) is 43.1 Å². The number of Topliss-reactive ketones (excluding diaryl/α,β-unsaturated/α-hetero) is 1. The Hall–Kier alpha value is -1.73. The molecule has 1 aromatic heterocycles. The normalized spacial score (nSPS) is 38.0. The molecule has 0 aromatic carbocycles. The van der Waals surface area contributed by atoms with E-state index in [9.17, 15) is 9.59 Å². The number of nitrogens with zero attached hydrogens (tertiary/aromatic N) is 2. The molecule has 0 radical (unpaired) electrons. The Morgan fingerprint density at radius 3 is 2.38 bits per heavy atom. The second-order valence-corrected chi connectivity index (χ2v) is 12.1. The molecule has 1 aromatic rings. The lowest BCUT2D eigenvalue weighted by Crippen LogP contribution is -2.54. The van der Waals surface area contributed by atoms with Crippen molar-refractivity contribution in [3.63, 3.8) is 0 Å². The largest absolute Gasteiger partial charge is 0.478 e. The van der Waals surface area contributed by atoms with Crippen molar-refractivity contribution in [3.05, 3.63) is 18.0 Å². The van der Waals surface area contributed by atoms with Crippen LogP contribution in [0.5, 0.6) is 0 Å². The van der Waals surface area contributed by atoms with Crippen LogP contribution in [0.15, 0.2) is 12.4 Å². The molecular formula is C30H51N3O4. The standard InChI is InChI=1S/C27H40N2O4.C2H6.CH5N/c1-26-10-8-17(16-33-3)12-19(26)4-5-20-21-6-7-23(27(21,2)11-9-22(20)26)24(30)15-29-14-18(13-28-29)25(31)32;2*1-2/h13-14,17,19-23H,4-12,15-16H2,1-3H3,(H,31,32);1-2H3;2H2,1H3. The number of ketones is 1. The summed E-state index contributed by atoms with van der Waals surface area (Å²) >= 11 is 0. The zero-order valence-corrected chi connectivity index (χ0v) is 24.0. The van der Waals surface area contributed by atoms with Crippen molar-refractivity contribution in [2.24, 2.45) is 52.1 Å². The quantitative estimate of drug-likeness (QED) is 0.503. The first-order valence-electron chi connectivity index (χ1n) is 14.6. The van der Waals surface area contributed by atoms with Gasteiger partial charge in [0.15, 0.2) is 5.78 Å². The van der Waals surface area contributed by atoms with Crippen LogP contribution in [-0.2, 0) is 16.1 Å². The summed E-state index contributed by atoms with van der Waals surface area (Å²) in [5, 5.41) is 13.3. The lowest BCUT2D eigenvalue weighted by Gasteiger charge is -2.61. The maximum Gasteiger partial charge on any atom is 0.338 e. The molecule has 8 atom stereocenters. The topological polar surface area (TPSA) is 107 Å². The van der Waals surface area contributed by atoms with Crippen LogP contribution in [0.2, 0.25) is 0 Å². The second kappa shape index (κ2) is 12.4. The molecule has 1 heterocycles. The first-order valence-corrected chi connectivity index (χ1v) is 14.6. The van der Waals surface area contributed by atoms with Crippen molar-refractivity contribution in [1.29, 1.82) is 0 Å². The van der Waals surface area contributed by atoms with E-state index in [-0.39, 0.29) is 29.2 Å². The van der Waals surface area contributed by atoms with E-state index >= 15 is 0 Å². The highest BCUT2D eigenvalue weighted by molar-refractivity contribution is 5.87. The van der Waals surface area contributed by atoms with Gasteiger partial charge in [0.1, 0.15) is 0 Å². The number of carbonyl (C=O) groups excluding carboxylic acids is 1. The molecule has 0 amide bonds. The van der Waals surface area contributed by atoms with Gasteiger partial charge in [-0.1, -0.05) is 27.7 Å². The number of carbonyl (C=O) groups is 2. The van der Waals surface area contributed by atoms with Crippen molar-refractivity contribution < 1.29 is 19.4 Å². The predicted molar refractivity (Wildman–Crippen MR) is 146 cm³/mol. The number of nitrogens with two attached hydrogens (primary N) is 1. The van der Waals surface area contributed by atoms with E-state index in [2.05, 4.69) is 24.7 Å². The summed E-state index contributed by atoms with van der Waals surface area (Å²) in [6.45, 7) is 10.1. The summed E-state index contributed by atoms with van der Waals surface area (Å²) in [5.74, 6) is 3.07. The van der Waals surface area contributed by atoms with Crippen LogP contribution in [0.4, 0.5) is 0 Å². The van der Waals surface area contributed by atoms with Gasteiger partial charge < -0.3 is 15.6 Å². The average Bonchev–Trinajstić information content (AvgIpc) is 3.51. The Bertz CT molecular complexity index is 916. The van der Waals surface area contributed by atoms with Crippen LogP contribution in [0.3, 0.4) is 0 Å². The molecule has 3 N–H and O–H groups in total. The van der Waals surface area contributed by atoms with Crippen LogP contribution >= 0.6 is 0 Å². The SMILES string of the molecule is CC.CN.COCC1CCC2(C)C(CCC3C2CCC2(C)C(C(=O)Cn4cc(C(=O)O)cn4)CCC32)C1. The number of fused-ring (bicyclic) bond motifs is 5. The fraction of sp³-hybridized carbons (Fsp3) is 0.833. The monoisotopic (exact) mass is 517 g/mol. The molecule has 5 rings (SSSR count). The molecule has 4 aliphatic carbocycles. The summed E-state index contributed by atoms with van der Waals surface area (Å²) in [4.78, 5) is 24.5. The van der Waals surface area contributed by atoms with Gasteiger partial charge in [-0.25, -0.2) is 4.79 Å². The Morgan fingerprint density at radius 2 is 1.73 bits per heavy atom. The molecule has 210 valence electrons. The molecule has 8 unspecified atom stereocenters. The second-order valence-electron chi connectivity index (χ2n) is 12.1. The zero-order valence-electron chi connectivity index (χ0n) is 24.0. The van der Waals surface area contributed by atoms with E-state index in [4.69, 9.17) is 9.84 Å². The number of aromatic carboxylic acids is 1. The lowest BCUT2D eigenvalue weighted by atomic mass is 9.44. The van der Waals surface area contributed by atoms with E-state index in [1.54, 1.807) is 0 Å². The third-order valence-corrected chi connectivity index (χ3v) is 10.8. The maximum absolute atomic E-state index is 13.4. The van der Waals surface area contributed by atoms with Crippen LogP contribution < -0.4 is 5.73 Å². The first kappa shape index (κ1) is 29.8. The van der Waals surface area contributed by atoms with Gasteiger partial charge in [-0.2, -0.15) is 5.10 Å². The number of hydrogen-bond donors (Lipinski definition) is 2. The van der Waals surface area contributed by atoms with Gasteiger partial charge >= 0.3 is 5.97 Å². The number of ether oxygens (including phenoxy) is 1. The van der Waals surface area contributed by atoms with Crippen LogP contribution in [0.25, 0.3) is 0 Å². The number of carboxylic acids is 1. The molecule has 0 spiro atoms. The Balaban J connectivity index is 0.000000907. The Kier molecular flexibility index (Phi) is 10.0. The molecule has 0 aliphatic heterocycles. The minimum atomic E-state index is -1.000. The van der Waals surface area contributed by atoms with Crippen molar-refractivity contribution >= 4 is 11.8 Å².